The maximum atomic E-state index is 9.96. The normalized spacial score (nSPS) is 10.0. The third-order valence-electron chi connectivity index (χ3n) is 16.2. The molecule has 0 saturated carbocycles. The van der Waals surface area contributed by atoms with Crippen molar-refractivity contribution >= 4 is 163 Å². The van der Waals surface area contributed by atoms with Gasteiger partial charge >= 0.3 is 19.5 Å². The van der Waals surface area contributed by atoms with Gasteiger partial charge in [-0.15, -0.1) is 0 Å². The summed E-state index contributed by atoms with van der Waals surface area (Å²) >= 11 is 13.8. The van der Waals surface area contributed by atoms with Crippen LogP contribution in [0.5, 0.6) is 0 Å². The van der Waals surface area contributed by atoms with Gasteiger partial charge in [-0.3, -0.25) is 14.4 Å². The molecule has 0 spiro atoms. The van der Waals surface area contributed by atoms with E-state index < -0.39 is 38.8 Å². The molecule has 16 rings (SSSR count). The fourth-order valence-corrected chi connectivity index (χ4v) is 21.9. The number of hydrogen-bond acceptors (Lipinski definition) is 7. The fourth-order valence-electron chi connectivity index (χ4n) is 11.5. The number of benzene rings is 14. The summed E-state index contributed by atoms with van der Waals surface area (Å²) in [7, 11) is -2.78. The molecular weight excluding hydrogens is 1770 g/mol. The molecule has 16 aromatic rings. The predicted octanol–water partition coefficient (Wildman–Crippen LogP) is 19.8. The zero-order chi connectivity index (χ0) is 79.3. The van der Waals surface area contributed by atoms with Crippen molar-refractivity contribution in [3.63, 3.8) is 0 Å². The van der Waals surface area contributed by atoms with Crippen LogP contribution >= 0.6 is 77.5 Å². The van der Waals surface area contributed by atoms with E-state index in [4.69, 9.17) is 63.7 Å². The van der Waals surface area contributed by atoms with Crippen molar-refractivity contribution in [3.05, 3.63) is 456 Å². The monoisotopic (exact) mass is 1840 g/mol. The number of aromatic nitrogens is 2. The van der Waals surface area contributed by atoms with E-state index in [0.29, 0.717) is 26.7 Å². The average molecular weight is 1850 g/mol. The first-order valence-electron chi connectivity index (χ1n) is 35.4. The molecule has 0 atom stereocenters. The zero-order valence-electron chi connectivity index (χ0n) is 62.3. The summed E-state index contributed by atoms with van der Waals surface area (Å²) in [5.41, 5.74) is 3.55. The van der Waals surface area contributed by atoms with Crippen LogP contribution in [-0.4, -0.2) is 27.3 Å². The molecule has 2 aromatic heterocycles. The van der Waals surface area contributed by atoms with Crippen LogP contribution < -0.4 is 63.7 Å². The minimum Gasteiger partial charge on any atom is -0.512 e. The number of aliphatic hydroxyl groups excluding tert-OH is 2. The Morgan fingerprint density at radius 1 is 0.345 bits per heavy atom. The van der Waals surface area contributed by atoms with Gasteiger partial charge in [0, 0.05) is 47.2 Å². The Balaban J connectivity index is 0.000000209. The number of nitrogens with zero attached hydrogens (tertiary/aromatic N) is 5. The van der Waals surface area contributed by atoms with E-state index >= 15 is 0 Å². The molecule has 0 saturated heterocycles. The number of fused-ring (bicyclic) bond motifs is 2. The van der Waals surface area contributed by atoms with E-state index in [2.05, 4.69) is 397 Å². The van der Waals surface area contributed by atoms with Gasteiger partial charge in [0.1, 0.15) is 6.07 Å². The smallest absolute Gasteiger partial charge is 0.512 e. The average Bonchev–Trinajstić information content (AvgIpc) is 0.521. The number of hydrogen-bond donors (Lipinski definition) is 2. The molecule has 2 heterocycles. The summed E-state index contributed by atoms with van der Waals surface area (Å²) < 4.78 is 16.5. The van der Waals surface area contributed by atoms with E-state index in [1.807, 2.05) is 24.3 Å². The molecule has 0 amide bonds. The molecule has 2 N–H and O–H groups in total. The van der Waals surface area contributed by atoms with Gasteiger partial charge in [0.15, 0.2) is 0 Å². The molecule has 0 aliphatic rings. The summed E-state index contributed by atoms with van der Waals surface area (Å²) in [5, 5.41) is 59.1. The molecule has 0 bridgehead atoms. The molecule has 17 heteroatoms. The maximum Gasteiger partial charge on any atom is 2.00 e. The van der Waals surface area contributed by atoms with Crippen molar-refractivity contribution in [1.82, 2.24) is 9.97 Å². The first-order valence-corrected chi connectivity index (χ1v) is 41.9. The molecule has 0 aliphatic carbocycles. The van der Waals surface area contributed by atoms with E-state index in [9.17, 15) is 4.39 Å². The van der Waals surface area contributed by atoms with Crippen molar-refractivity contribution in [1.29, 1.82) is 15.8 Å². The Hall–Kier alpha value is -9.46. The van der Waals surface area contributed by atoms with Gasteiger partial charge in [-0.1, -0.05) is 387 Å². The third-order valence-corrected chi connectivity index (χ3v) is 27.2. The molecule has 7 nitrogen and oxygen atoms in total. The van der Waals surface area contributed by atoms with Gasteiger partial charge in [0.05, 0.1) is 48.4 Å². The Bertz CT molecular complexity index is 4580. The molecule has 0 aliphatic heterocycles. The van der Waals surface area contributed by atoms with Gasteiger partial charge in [-0.2, -0.15) is 5.26 Å². The van der Waals surface area contributed by atoms with Crippen molar-refractivity contribution in [3.8, 4) is 6.07 Å². The number of nitriles is 1. The largest absolute Gasteiger partial charge is 2.00 e. The topological polar surface area (TPSA) is 138 Å². The van der Waals surface area contributed by atoms with Crippen LogP contribution in [0.25, 0.3) is 21.8 Å². The van der Waals surface area contributed by atoms with Gasteiger partial charge < -0.3 is 33.9 Å². The molecule has 14 aromatic carbocycles. The van der Waals surface area contributed by atoms with Crippen LogP contribution in [0.15, 0.2) is 413 Å². The van der Waals surface area contributed by atoms with Crippen molar-refractivity contribution in [2.75, 3.05) is 7.15 Å². The first kappa shape index (κ1) is 90.7. The van der Waals surface area contributed by atoms with Crippen LogP contribution in [0.3, 0.4) is 0 Å². The van der Waals surface area contributed by atoms with Crippen molar-refractivity contribution in [2.24, 2.45) is 0 Å². The van der Waals surface area contributed by atoms with Crippen LogP contribution in [0.4, 0.5) is 4.39 Å². The molecule has 558 valence electrons. The van der Waals surface area contributed by atoms with Crippen LogP contribution in [0.2, 0.25) is 10.0 Å². The number of aliphatic hydroxyl groups is 2. The minimum atomic E-state index is -1.00. The van der Waals surface area contributed by atoms with Crippen LogP contribution in [0.1, 0.15) is 18.1 Å². The van der Waals surface area contributed by atoms with E-state index in [0.717, 1.165) is 25.4 Å². The second-order valence-electron chi connectivity index (χ2n) is 23.5. The number of pyridine rings is 2. The predicted molar refractivity (Wildman–Crippen MR) is 480 cm³/mol. The van der Waals surface area contributed by atoms with E-state index in [1.54, 1.807) is 24.4 Å². The Kier molecular flexibility index (Phi) is 42.4. The summed E-state index contributed by atoms with van der Waals surface area (Å²) in [4.78, 5) is 8.33. The molecule has 0 unspecified atom stereocenters. The molecular formula is C96H77Cl2FIN5O2P4PdZn. The molecule has 113 heavy (non-hydrogen) atoms. The van der Waals surface area contributed by atoms with Crippen LogP contribution in [-0.2, 0) is 53.1 Å². The van der Waals surface area contributed by atoms with Crippen molar-refractivity contribution in [2.45, 2.75) is 13.2 Å². The van der Waals surface area contributed by atoms with Gasteiger partial charge in [0.2, 0.25) is 0 Å². The Labute approximate surface area is 720 Å². The Morgan fingerprint density at radius 3 is 0.708 bits per heavy atom. The zero-order valence-corrected chi connectivity index (χ0v) is 73.1. The number of halogens is 4. The summed E-state index contributed by atoms with van der Waals surface area (Å²) in [5.74, 6) is 0. The molecule has 0 fully saturated rings. The minimum absolute atomic E-state index is 0. The summed E-state index contributed by atoms with van der Waals surface area (Å²) in [6.07, 6.45) is 3.13. The number of alkyl halides is 1. The van der Waals surface area contributed by atoms with E-state index in [-0.39, 0.29) is 53.1 Å². The van der Waals surface area contributed by atoms with Gasteiger partial charge in [0.25, 0.3) is 0 Å². The van der Waals surface area contributed by atoms with Crippen LogP contribution in [0, 0.1) is 38.6 Å². The quantitative estimate of drug-likeness (QED) is 0.0479. The van der Waals surface area contributed by atoms with Gasteiger partial charge in [-0.25, -0.2) is 0 Å². The fraction of sp³-hybridized carbons (Fsp3) is 0.0312. The third kappa shape index (κ3) is 28.5. The van der Waals surface area contributed by atoms with E-state index in [1.165, 1.54) is 69.9 Å². The maximum absolute atomic E-state index is 9.96. The first-order chi connectivity index (χ1) is 55.2. The summed E-state index contributed by atoms with van der Waals surface area (Å²) in [6.45, 7) is 9.44. The Morgan fingerprint density at radius 2 is 0.522 bits per heavy atom. The van der Waals surface area contributed by atoms with Crippen molar-refractivity contribution < 1.29 is 55.9 Å². The van der Waals surface area contributed by atoms with Gasteiger partial charge in [-0.05, 0) is 165 Å². The molecule has 0 radical (unpaired) electrons. The SMILES string of the molecule is N#Cc1cc(CO)cc2cc(Cl)cnc12.OCc1cc(I)c2ncc(Cl)cc2c1.[2H]CF.[C-]#N.[C-]#N.[Pd].[Zn+2].c1ccc(P(c2ccccc2)c2ccccc2)cc1.c1ccc(P(c2ccccc2)c2ccccc2)cc1.c1ccc(P(c2ccccc2)c2ccccc2)cc1.c1ccc(P(c2ccccc2)c2ccccc2)cc1. The second kappa shape index (κ2) is 52.8. The standard InChI is InChI=1S/4C18H15P.C11H7ClN2O.C10H7ClINO.CH3F.2CN.Pd.Zn/c4*1-4-10-16(11-5-1)19(17-12-6-2-7-13-17)18-14-8-3-9-15-18;12-10-3-8-1-7(6-15)2-9(4-13)11(8)14-5-10;11-8-3-7-1-6(5-14)2-9(12)10(7)13-4-8;3*1-2;;/h4*1-15H;1-3,5,15H,6H2;1-4,14H,5H2;1H3;;;;/q;;;;;;;2*-1;;+2/i;;;;;;1D;;;;. The second-order valence-corrected chi connectivity index (χ2v) is 34.4. The number of rotatable bonds is 14. The summed E-state index contributed by atoms with van der Waals surface area (Å²) in [6, 6.07) is 142.